The number of aromatic nitrogens is 2. The van der Waals surface area contributed by atoms with Crippen LogP contribution in [-0.2, 0) is 16.6 Å². The number of nitrogens with one attached hydrogen (secondary N) is 1. The Labute approximate surface area is 168 Å². The third-order valence-corrected chi connectivity index (χ3v) is 3.75. The number of aromatic hydroxyl groups is 1. The molecule has 1 aromatic carbocycles. The first kappa shape index (κ1) is 21.6. The van der Waals surface area contributed by atoms with E-state index in [0.29, 0.717) is 23.5 Å². The van der Waals surface area contributed by atoms with Gasteiger partial charge in [0, 0.05) is 17.2 Å². The van der Waals surface area contributed by atoms with Crippen LogP contribution >= 0.6 is 0 Å². The van der Waals surface area contributed by atoms with Crippen LogP contribution in [0.3, 0.4) is 0 Å². The number of nitrogens with zero attached hydrogens (tertiary/aromatic N) is 2. The minimum Gasteiger partial charge on any atom is -0.506 e. The van der Waals surface area contributed by atoms with Gasteiger partial charge in [0.1, 0.15) is 17.2 Å². The van der Waals surface area contributed by atoms with Crippen molar-refractivity contribution in [3.05, 3.63) is 65.7 Å². The van der Waals surface area contributed by atoms with E-state index in [1.807, 2.05) is 32.9 Å². The number of nitrogens with two attached hydrogens (primary N) is 1. The predicted molar refractivity (Wildman–Crippen MR) is 110 cm³/mol. The molecule has 2 heterocycles. The maximum Gasteiger partial charge on any atom is 0.230 e. The largest absolute Gasteiger partial charge is 0.506 e. The molecule has 8 heteroatoms. The number of carbonyl (C=O) groups excluding carboxylic acids is 2. The number of hydrogen-bond acceptors (Lipinski definition) is 7. The van der Waals surface area contributed by atoms with Crippen molar-refractivity contribution >= 4 is 23.7 Å². The minimum atomic E-state index is -0.136. The van der Waals surface area contributed by atoms with Crippen LogP contribution in [0.4, 0.5) is 11.5 Å². The van der Waals surface area contributed by atoms with Crippen molar-refractivity contribution in [2.45, 2.75) is 32.6 Å². The van der Waals surface area contributed by atoms with E-state index in [4.69, 9.17) is 15.4 Å². The van der Waals surface area contributed by atoms with Gasteiger partial charge < -0.3 is 20.7 Å². The van der Waals surface area contributed by atoms with Crippen LogP contribution in [0.25, 0.3) is 0 Å². The fourth-order valence-electron chi connectivity index (χ4n) is 2.16. The van der Waals surface area contributed by atoms with E-state index in [1.54, 1.807) is 18.2 Å². The highest BCUT2D eigenvalue weighted by Gasteiger charge is 2.20. The molecule has 0 fully saturated rings. The molecule has 1 amide bonds. The number of anilines is 2. The number of aldehydes is 1. The summed E-state index contributed by atoms with van der Waals surface area (Å²) in [6.45, 7) is 6.06. The van der Waals surface area contributed by atoms with Gasteiger partial charge in [-0.1, -0.05) is 38.1 Å². The summed E-state index contributed by atoms with van der Waals surface area (Å²) in [6.07, 6.45) is 2.13. The summed E-state index contributed by atoms with van der Waals surface area (Å²) in [7, 11) is 0. The van der Waals surface area contributed by atoms with Gasteiger partial charge in [-0.2, -0.15) is 0 Å². The van der Waals surface area contributed by atoms with Crippen LogP contribution in [0, 0.1) is 0 Å². The molecule has 3 rings (SSSR count). The summed E-state index contributed by atoms with van der Waals surface area (Å²) in [6, 6.07) is 11.8. The summed E-state index contributed by atoms with van der Waals surface area (Å²) in [4.78, 5) is 25.5. The Bertz CT molecular complexity index is 942. The van der Waals surface area contributed by atoms with Crippen molar-refractivity contribution in [1.82, 2.24) is 10.1 Å². The molecule has 0 bridgehead atoms. The average Bonchev–Trinajstić information content (AvgIpc) is 3.14. The highest BCUT2D eigenvalue weighted by atomic mass is 16.5. The molecule has 0 spiro atoms. The highest BCUT2D eigenvalue weighted by Crippen LogP contribution is 2.24. The number of amides is 1. The number of hydrogen-bond donors (Lipinski definition) is 3. The normalized spacial score (nSPS) is 10.6. The Morgan fingerprint density at radius 2 is 1.90 bits per heavy atom. The van der Waals surface area contributed by atoms with E-state index in [2.05, 4.69) is 15.5 Å². The van der Waals surface area contributed by atoms with Crippen LogP contribution in [0.15, 0.2) is 53.2 Å². The average molecular weight is 396 g/mol. The molecule has 0 radical (unpaired) electrons. The lowest BCUT2D eigenvalue weighted by Gasteiger charge is -2.12. The fourth-order valence-corrected chi connectivity index (χ4v) is 2.16. The first-order valence-corrected chi connectivity index (χ1v) is 8.89. The zero-order valence-corrected chi connectivity index (χ0v) is 16.5. The summed E-state index contributed by atoms with van der Waals surface area (Å²) in [5.74, 6) is 1.11. The van der Waals surface area contributed by atoms with Gasteiger partial charge in [0.15, 0.2) is 12.1 Å². The zero-order valence-electron chi connectivity index (χ0n) is 16.5. The third kappa shape index (κ3) is 7.10. The summed E-state index contributed by atoms with van der Waals surface area (Å²) >= 11 is 0. The second kappa shape index (κ2) is 9.50. The molecule has 0 unspecified atom stereocenters. The van der Waals surface area contributed by atoms with Crippen LogP contribution in [0.2, 0.25) is 0 Å². The Balaban J connectivity index is 0.000000278. The van der Waals surface area contributed by atoms with Crippen molar-refractivity contribution < 1.29 is 19.2 Å². The smallest absolute Gasteiger partial charge is 0.230 e. The number of carbonyl (C=O) groups is 2. The van der Waals surface area contributed by atoms with Gasteiger partial charge in [0.05, 0.1) is 12.6 Å². The first-order chi connectivity index (χ1) is 13.7. The van der Waals surface area contributed by atoms with E-state index >= 15 is 0 Å². The van der Waals surface area contributed by atoms with Gasteiger partial charge in [-0.25, -0.2) is 4.98 Å². The molecule has 2 aromatic heterocycles. The zero-order chi connectivity index (χ0) is 21.4. The van der Waals surface area contributed by atoms with Crippen LogP contribution in [0.1, 0.15) is 42.6 Å². The lowest BCUT2D eigenvalue weighted by Crippen LogP contribution is -2.14. The molecule has 29 heavy (non-hydrogen) atoms. The van der Waals surface area contributed by atoms with E-state index in [0.717, 1.165) is 11.3 Å². The molecule has 0 atom stereocenters. The minimum absolute atomic E-state index is 0.0700. The molecule has 0 saturated carbocycles. The Hall–Kier alpha value is -3.68. The SMILES string of the molecule is CC(C)(C)c1cc(NC(=O)Cc2ccc(N)cc2)no1.O=Cc1ccc(O)cn1. The van der Waals surface area contributed by atoms with Crippen LogP contribution in [-0.4, -0.2) is 27.4 Å². The van der Waals surface area contributed by atoms with Crippen LogP contribution < -0.4 is 11.1 Å². The summed E-state index contributed by atoms with van der Waals surface area (Å²) in [5.41, 5.74) is 7.38. The highest BCUT2D eigenvalue weighted by molar-refractivity contribution is 5.91. The molecule has 0 aliphatic rings. The molecular weight excluding hydrogens is 372 g/mol. The van der Waals surface area contributed by atoms with Crippen molar-refractivity contribution in [1.29, 1.82) is 0 Å². The van der Waals surface area contributed by atoms with Crippen molar-refractivity contribution in [3.63, 3.8) is 0 Å². The van der Waals surface area contributed by atoms with Gasteiger partial charge in [-0.05, 0) is 29.8 Å². The molecule has 8 nitrogen and oxygen atoms in total. The third-order valence-electron chi connectivity index (χ3n) is 3.75. The molecular formula is C21H24N4O4. The second-order valence-corrected chi connectivity index (χ2v) is 7.35. The molecule has 3 aromatic rings. The topological polar surface area (TPSA) is 131 Å². The molecule has 4 N–H and O–H groups in total. The van der Waals surface area contributed by atoms with Crippen molar-refractivity contribution in [2.24, 2.45) is 0 Å². The Morgan fingerprint density at radius 1 is 1.21 bits per heavy atom. The van der Waals surface area contributed by atoms with Gasteiger partial charge in [0.25, 0.3) is 0 Å². The van der Waals surface area contributed by atoms with E-state index in [9.17, 15) is 9.59 Å². The Morgan fingerprint density at radius 3 is 2.41 bits per heavy atom. The first-order valence-electron chi connectivity index (χ1n) is 8.89. The van der Waals surface area contributed by atoms with Crippen LogP contribution in [0.5, 0.6) is 5.75 Å². The quantitative estimate of drug-likeness (QED) is 0.455. The maximum absolute atomic E-state index is 11.9. The van der Waals surface area contributed by atoms with E-state index in [-0.39, 0.29) is 23.5 Å². The van der Waals surface area contributed by atoms with Gasteiger partial charge in [0.2, 0.25) is 5.91 Å². The van der Waals surface area contributed by atoms with Crippen molar-refractivity contribution in [2.75, 3.05) is 11.1 Å². The maximum atomic E-state index is 11.9. The van der Waals surface area contributed by atoms with Gasteiger partial charge >= 0.3 is 0 Å². The number of rotatable bonds is 4. The monoisotopic (exact) mass is 396 g/mol. The number of benzene rings is 1. The second-order valence-electron chi connectivity index (χ2n) is 7.35. The molecule has 0 aliphatic carbocycles. The fraction of sp³-hybridized carbons (Fsp3) is 0.238. The van der Waals surface area contributed by atoms with E-state index < -0.39 is 0 Å². The lowest BCUT2D eigenvalue weighted by molar-refractivity contribution is -0.115. The van der Waals surface area contributed by atoms with Crippen molar-refractivity contribution in [3.8, 4) is 5.75 Å². The Kier molecular flexibility index (Phi) is 7.08. The number of pyridine rings is 1. The summed E-state index contributed by atoms with van der Waals surface area (Å²) < 4.78 is 5.21. The molecule has 0 saturated heterocycles. The molecule has 0 aliphatic heterocycles. The molecule has 152 valence electrons. The predicted octanol–water partition coefficient (Wildman–Crippen LogP) is 3.34. The van der Waals surface area contributed by atoms with Gasteiger partial charge in [-0.15, -0.1) is 0 Å². The number of nitrogen functional groups attached to an aromatic ring is 1. The van der Waals surface area contributed by atoms with E-state index in [1.165, 1.54) is 18.3 Å². The standard InChI is InChI=1S/C15H19N3O2.C6H5NO2/c1-15(2,3)12-9-13(18-20-12)17-14(19)8-10-4-6-11(16)7-5-10;8-4-5-1-2-6(9)3-7-5/h4-7,9H,8,16H2,1-3H3,(H,17,18,19);1-4,9H. The van der Waals surface area contributed by atoms with Gasteiger partial charge in [-0.3, -0.25) is 9.59 Å². The summed E-state index contributed by atoms with van der Waals surface area (Å²) in [5, 5.41) is 15.2. The lowest BCUT2D eigenvalue weighted by atomic mass is 9.93.